The average molecular weight is 455 g/mol. The number of pyridine rings is 1. The van der Waals surface area contributed by atoms with Gasteiger partial charge in [-0.1, -0.05) is 11.6 Å². The van der Waals surface area contributed by atoms with Crippen molar-refractivity contribution >= 4 is 17.4 Å². The molecular formula is C22H20ClFN6O2. The molecule has 164 valence electrons. The summed E-state index contributed by atoms with van der Waals surface area (Å²) in [4.78, 5) is 4.27. The van der Waals surface area contributed by atoms with Crippen molar-refractivity contribution < 1.29 is 14.2 Å². The van der Waals surface area contributed by atoms with Gasteiger partial charge < -0.3 is 15.6 Å². The van der Waals surface area contributed by atoms with Crippen LogP contribution in [0.25, 0.3) is 22.5 Å². The molecule has 4 aromatic rings. The number of nitrogens with one attached hydrogen (secondary N) is 1. The molecule has 4 N–H and O–H groups in total. The van der Waals surface area contributed by atoms with Gasteiger partial charge >= 0.3 is 0 Å². The number of benzene rings is 1. The lowest BCUT2D eigenvalue weighted by Crippen LogP contribution is -2.11. The van der Waals surface area contributed by atoms with Crippen molar-refractivity contribution in [3.63, 3.8) is 0 Å². The number of fused-ring (bicyclic) bond motifs is 7. The number of rotatable bonds is 1. The third-order valence-electron chi connectivity index (χ3n) is 5.66. The Bertz CT molecular complexity index is 1330. The number of nitrogens with two attached hydrogens (primary N) is 1. The van der Waals surface area contributed by atoms with Crippen molar-refractivity contribution in [3.05, 3.63) is 64.3 Å². The zero-order valence-corrected chi connectivity index (χ0v) is 18.1. The Morgan fingerprint density at radius 2 is 2.09 bits per heavy atom. The van der Waals surface area contributed by atoms with Crippen molar-refractivity contribution in [2.24, 2.45) is 0 Å². The summed E-state index contributed by atoms with van der Waals surface area (Å²) in [6.45, 7) is 4.23. The molecule has 1 aliphatic rings. The largest absolute Gasteiger partial charge is 0.482 e. The number of anilines is 1. The van der Waals surface area contributed by atoms with Gasteiger partial charge in [0.2, 0.25) is 0 Å². The van der Waals surface area contributed by atoms with Gasteiger partial charge in [-0.05, 0) is 38.1 Å². The number of nitrogens with zero attached hydrogens (tertiary/aromatic N) is 4. The molecule has 4 heterocycles. The summed E-state index contributed by atoms with van der Waals surface area (Å²) < 4.78 is 22.0. The number of hydrogen-bond donors (Lipinski definition) is 3. The number of aliphatic hydroxyl groups is 1. The van der Waals surface area contributed by atoms with Gasteiger partial charge in [0.05, 0.1) is 23.1 Å². The number of aromatic nitrogens is 5. The molecule has 2 bridgehead atoms. The van der Waals surface area contributed by atoms with Crippen LogP contribution in [-0.2, 0) is 6.54 Å². The molecule has 8 nitrogen and oxygen atoms in total. The number of aryl methyl sites for hydroxylation is 1. The maximum atomic E-state index is 14.2. The SMILES string of the molecule is CCn1nc(Cl)c2c1-c1cnc(N)c(c1)O[C@H](C)c1cc(F)ccc1-c1[nH]ncc1[C@@H]2O. The number of ether oxygens (including phenoxy) is 1. The van der Waals surface area contributed by atoms with Crippen LogP contribution in [-0.4, -0.2) is 30.1 Å². The van der Waals surface area contributed by atoms with E-state index in [2.05, 4.69) is 20.3 Å². The Morgan fingerprint density at radius 3 is 2.88 bits per heavy atom. The molecule has 0 saturated heterocycles. The summed E-state index contributed by atoms with van der Waals surface area (Å²) in [5.74, 6) is 0.104. The molecule has 5 rings (SSSR count). The fourth-order valence-electron chi connectivity index (χ4n) is 4.13. The van der Waals surface area contributed by atoms with Crippen LogP contribution in [0.1, 0.15) is 42.7 Å². The molecule has 1 aliphatic heterocycles. The van der Waals surface area contributed by atoms with Gasteiger partial charge in [-0.15, -0.1) is 0 Å². The topological polar surface area (TPSA) is 115 Å². The molecule has 1 aromatic carbocycles. The Kier molecular flexibility index (Phi) is 4.87. The molecule has 0 unspecified atom stereocenters. The first kappa shape index (κ1) is 20.5. The number of H-pyrrole nitrogens is 1. The number of halogens is 2. The fraction of sp³-hybridized carbons (Fsp3) is 0.227. The molecule has 0 saturated carbocycles. The first-order valence-corrected chi connectivity index (χ1v) is 10.5. The van der Waals surface area contributed by atoms with Gasteiger partial charge in [-0.25, -0.2) is 9.37 Å². The third-order valence-corrected chi connectivity index (χ3v) is 5.94. The zero-order chi connectivity index (χ0) is 22.6. The van der Waals surface area contributed by atoms with Crippen LogP contribution < -0.4 is 10.5 Å². The summed E-state index contributed by atoms with van der Waals surface area (Å²) in [5, 5.41) is 23.1. The lowest BCUT2D eigenvalue weighted by molar-refractivity contribution is 0.220. The Balaban J connectivity index is 1.86. The lowest BCUT2D eigenvalue weighted by Gasteiger charge is -2.22. The second-order valence-corrected chi connectivity index (χ2v) is 7.93. The maximum Gasteiger partial charge on any atom is 0.166 e. The van der Waals surface area contributed by atoms with Gasteiger partial charge in [0.15, 0.2) is 16.7 Å². The van der Waals surface area contributed by atoms with Crippen molar-refractivity contribution in [1.29, 1.82) is 0 Å². The van der Waals surface area contributed by atoms with E-state index < -0.39 is 18.0 Å². The predicted molar refractivity (Wildman–Crippen MR) is 118 cm³/mol. The minimum atomic E-state index is -1.15. The lowest BCUT2D eigenvalue weighted by atomic mass is 9.93. The van der Waals surface area contributed by atoms with E-state index in [1.165, 1.54) is 18.3 Å². The molecule has 0 fully saturated rings. The molecule has 2 atom stereocenters. The first-order chi connectivity index (χ1) is 15.4. The number of nitrogen functional groups attached to an aromatic ring is 1. The molecule has 3 aromatic heterocycles. The van der Waals surface area contributed by atoms with Crippen LogP contribution in [0, 0.1) is 5.82 Å². The molecule has 0 spiro atoms. The van der Waals surface area contributed by atoms with Crippen molar-refractivity contribution in [1.82, 2.24) is 25.0 Å². The zero-order valence-electron chi connectivity index (χ0n) is 17.3. The summed E-state index contributed by atoms with van der Waals surface area (Å²) in [6, 6.07) is 6.09. The summed E-state index contributed by atoms with van der Waals surface area (Å²) in [7, 11) is 0. The second-order valence-electron chi connectivity index (χ2n) is 7.57. The smallest absolute Gasteiger partial charge is 0.166 e. The van der Waals surface area contributed by atoms with Crippen LogP contribution in [0.2, 0.25) is 5.15 Å². The van der Waals surface area contributed by atoms with E-state index in [1.807, 2.05) is 6.92 Å². The first-order valence-electron chi connectivity index (χ1n) is 10.1. The highest BCUT2D eigenvalue weighted by molar-refractivity contribution is 6.30. The van der Waals surface area contributed by atoms with E-state index in [-0.39, 0.29) is 11.0 Å². The molecule has 0 amide bonds. The van der Waals surface area contributed by atoms with E-state index in [0.29, 0.717) is 51.5 Å². The van der Waals surface area contributed by atoms with E-state index in [4.69, 9.17) is 22.1 Å². The van der Waals surface area contributed by atoms with E-state index in [1.54, 1.807) is 29.9 Å². The fourth-order valence-corrected chi connectivity index (χ4v) is 4.41. The average Bonchev–Trinajstić information content (AvgIpc) is 3.38. The predicted octanol–water partition coefficient (Wildman–Crippen LogP) is 4.26. The molecule has 0 aliphatic carbocycles. The quantitative estimate of drug-likeness (QED) is 0.395. The number of aromatic amines is 1. The number of aliphatic hydroxyl groups excluding tert-OH is 1. The highest BCUT2D eigenvalue weighted by atomic mass is 35.5. The van der Waals surface area contributed by atoms with Gasteiger partial charge in [0.1, 0.15) is 18.0 Å². The summed E-state index contributed by atoms with van der Waals surface area (Å²) in [6.07, 6.45) is 1.38. The normalized spacial score (nSPS) is 17.4. The molecule has 0 radical (unpaired) electrons. The van der Waals surface area contributed by atoms with E-state index in [9.17, 15) is 9.50 Å². The van der Waals surface area contributed by atoms with E-state index >= 15 is 0 Å². The minimum Gasteiger partial charge on any atom is -0.482 e. The van der Waals surface area contributed by atoms with Gasteiger partial charge in [-0.3, -0.25) is 9.78 Å². The Morgan fingerprint density at radius 1 is 1.28 bits per heavy atom. The molecular weight excluding hydrogens is 435 g/mol. The molecule has 10 heteroatoms. The number of hydrogen-bond acceptors (Lipinski definition) is 6. The van der Waals surface area contributed by atoms with Crippen molar-refractivity contribution in [2.75, 3.05) is 5.73 Å². The highest BCUT2D eigenvalue weighted by Crippen LogP contribution is 2.43. The van der Waals surface area contributed by atoms with Crippen molar-refractivity contribution in [3.8, 4) is 28.3 Å². The molecule has 32 heavy (non-hydrogen) atoms. The van der Waals surface area contributed by atoms with Crippen LogP contribution in [0.15, 0.2) is 36.7 Å². The Hall–Kier alpha value is -3.43. The second kappa shape index (κ2) is 7.61. The summed E-state index contributed by atoms with van der Waals surface area (Å²) in [5.41, 5.74) is 9.92. The minimum absolute atomic E-state index is 0.158. The van der Waals surface area contributed by atoms with Gasteiger partial charge in [0, 0.05) is 35.0 Å². The van der Waals surface area contributed by atoms with Gasteiger partial charge in [-0.2, -0.15) is 10.2 Å². The van der Waals surface area contributed by atoms with Crippen LogP contribution >= 0.6 is 11.6 Å². The monoisotopic (exact) mass is 454 g/mol. The maximum absolute atomic E-state index is 14.2. The van der Waals surface area contributed by atoms with Crippen LogP contribution in [0.4, 0.5) is 10.2 Å². The Labute approximate surface area is 187 Å². The van der Waals surface area contributed by atoms with Crippen LogP contribution in [0.3, 0.4) is 0 Å². The van der Waals surface area contributed by atoms with Crippen molar-refractivity contribution in [2.45, 2.75) is 32.6 Å². The standard InChI is InChI=1S/C22H20ClFN6O2/c1-3-30-19-11-6-16(22(25)26-8-11)32-10(2)14-7-12(24)4-5-13(14)18-15(9-27-28-18)20(31)17(19)21(23)29-30/h4-10,20,31H,3H2,1-2H3,(H2,25,26)(H,27,28)/t10-,20+/m1/s1. The van der Waals surface area contributed by atoms with E-state index in [0.717, 1.165) is 0 Å². The van der Waals surface area contributed by atoms with Gasteiger partial charge in [0.25, 0.3) is 0 Å². The summed E-state index contributed by atoms with van der Waals surface area (Å²) >= 11 is 6.50. The highest BCUT2D eigenvalue weighted by Gasteiger charge is 2.30. The van der Waals surface area contributed by atoms with Crippen LogP contribution in [0.5, 0.6) is 5.75 Å². The third kappa shape index (κ3) is 3.12.